The van der Waals surface area contributed by atoms with Gasteiger partial charge in [0.25, 0.3) is 5.89 Å². The number of aromatic hydroxyl groups is 1. The summed E-state index contributed by atoms with van der Waals surface area (Å²) >= 11 is 0. The third-order valence-electron chi connectivity index (χ3n) is 2.99. The quantitative estimate of drug-likeness (QED) is 0.883. The molecule has 2 aromatic heterocycles. The third-order valence-corrected chi connectivity index (χ3v) is 2.99. The SMILES string of the molecule is Oc1cnccc1-c1nc(CC2CCOC2)no1. The van der Waals surface area contributed by atoms with Crippen LogP contribution in [0.15, 0.2) is 23.0 Å². The van der Waals surface area contributed by atoms with E-state index in [1.807, 2.05) is 0 Å². The molecule has 1 fully saturated rings. The molecule has 0 aliphatic carbocycles. The molecule has 6 heteroatoms. The minimum absolute atomic E-state index is 0.0388. The predicted molar refractivity (Wildman–Crippen MR) is 61.8 cm³/mol. The Morgan fingerprint density at radius 2 is 2.39 bits per heavy atom. The highest BCUT2D eigenvalue weighted by Gasteiger charge is 2.20. The van der Waals surface area contributed by atoms with Crippen molar-refractivity contribution in [3.8, 4) is 17.2 Å². The maximum Gasteiger partial charge on any atom is 0.261 e. The van der Waals surface area contributed by atoms with Gasteiger partial charge in [0.15, 0.2) is 5.82 Å². The number of nitrogens with zero attached hydrogens (tertiary/aromatic N) is 3. The first-order valence-corrected chi connectivity index (χ1v) is 5.86. The minimum Gasteiger partial charge on any atom is -0.505 e. The van der Waals surface area contributed by atoms with E-state index in [1.165, 1.54) is 6.20 Å². The molecule has 1 atom stereocenters. The molecule has 1 saturated heterocycles. The van der Waals surface area contributed by atoms with Crippen molar-refractivity contribution in [1.82, 2.24) is 15.1 Å². The van der Waals surface area contributed by atoms with Gasteiger partial charge in [0, 0.05) is 25.8 Å². The molecule has 94 valence electrons. The summed E-state index contributed by atoms with van der Waals surface area (Å²) in [5.74, 6) is 1.47. The van der Waals surface area contributed by atoms with Gasteiger partial charge in [-0.05, 0) is 18.4 Å². The van der Waals surface area contributed by atoms with Crippen LogP contribution in [0.25, 0.3) is 11.5 Å². The molecule has 0 bridgehead atoms. The fourth-order valence-electron chi connectivity index (χ4n) is 2.02. The van der Waals surface area contributed by atoms with Crippen LogP contribution in [0.2, 0.25) is 0 Å². The van der Waals surface area contributed by atoms with Crippen molar-refractivity contribution in [2.75, 3.05) is 13.2 Å². The van der Waals surface area contributed by atoms with E-state index in [1.54, 1.807) is 12.3 Å². The van der Waals surface area contributed by atoms with Gasteiger partial charge < -0.3 is 14.4 Å². The lowest BCUT2D eigenvalue weighted by Gasteiger charge is -2.01. The predicted octanol–water partition coefficient (Wildman–Crippen LogP) is 1.42. The molecule has 1 aliphatic heterocycles. The average molecular weight is 247 g/mol. The number of pyridine rings is 1. The Labute approximate surface area is 104 Å². The second-order valence-corrected chi connectivity index (χ2v) is 4.34. The molecule has 1 unspecified atom stereocenters. The standard InChI is InChI=1S/C12H13N3O3/c16-10-6-13-3-1-9(10)12-14-11(15-18-12)5-8-2-4-17-7-8/h1,3,6,8,16H,2,4-5,7H2. The van der Waals surface area contributed by atoms with Crippen molar-refractivity contribution in [2.24, 2.45) is 5.92 Å². The Bertz CT molecular complexity index is 535. The Morgan fingerprint density at radius 1 is 1.44 bits per heavy atom. The summed E-state index contributed by atoms with van der Waals surface area (Å²) in [5, 5.41) is 13.6. The average Bonchev–Trinajstić information content (AvgIpc) is 3.02. The normalized spacial score (nSPS) is 19.2. The smallest absolute Gasteiger partial charge is 0.261 e. The number of hydrogen-bond donors (Lipinski definition) is 1. The number of hydrogen-bond acceptors (Lipinski definition) is 6. The molecular formula is C12H13N3O3. The topological polar surface area (TPSA) is 81.3 Å². The van der Waals surface area contributed by atoms with E-state index in [0.717, 1.165) is 26.1 Å². The molecule has 2 aromatic rings. The van der Waals surface area contributed by atoms with Crippen LogP contribution in [0.1, 0.15) is 12.2 Å². The van der Waals surface area contributed by atoms with Crippen LogP contribution in [0.5, 0.6) is 5.75 Å². The summed E-state index contributed by atoms with van der Waals surface area (Å²) in [6.07, 6.45) is 4.70. The number of aromatic nitrogens is 3. The lowest BCUT2D eigenvalue weighted by atomic mass is 10.1. The van der Waals surface area contributed by atoms with Crippen LogP contribution >= 0.6 is 0 Å². The van der Waals surface area contributed by atoms with E-state index in [2.05, 4.69) is 15.1 Å². The Kier molecular flexibility index (Phi) is 2.93. The highest BCUT2D eigenvalue weighted by atomic mass is 16.5. The first-order chi connectivity index (χ1) is 8.83. The zero-order valence-electron chi connectivity index (χ0n) is 9.74. The van der Waals surface area contributed by atoms with E-state index in [9.17, 15) is 5.11 Å². The van der Waals surface area contributed by atoms with E-state index in [4.69, 9.17) is 9.26 Å². The lowest BCUT2D eigenvalue weighted by Crippen LogP contribution is -2.04. The Hall–Kier alpha value is -1.95. The largest absolute Gasteiger partial charge is 0.505 e. The second-order valence-electron chi connectivity index (χ2n) is 4.34. The zero-order chi connectivity index (χ0) is 12.4. The molecule has 1 N–H and O–H groups in total. The van der Waals surface area contributed by atoms with Crippen LogP contribution < -0.4 is 0 Å². The molecule has 18 heavy (non-hydrogen) atoms. The zero-order valence-corrected chi connectivity index (χ0v) is 9.74. The first kappa shape index (κ1) is 11.2. The van der Waals surface area contributed by atoms with Gasteiger partial charge in [0.2, 0.25) is 0 Å². The van der Waals surface area contributed by atoms with E-state index in [0.29, 0.717) is 23.2 Å². The van der Waals surface area contributed by atoms with Crippen molar-refractivity contribution >= 4 is 0 Å². The van der Waals surface area contributed by atoms with Crippen molar-refractivity contribution < 1.29 is 14.4 Å². The van der Waals surface area contributed by atoms with Crippen LogP contribution in [-0.2, 0) is 11.2 Å². The Morgan fingerprint density at radius 3 is 3.17 bits per heavy atom. The van der Waals surface area contributed by atoms with Gasteiger partial charge in [-0.25, -0.2) is 0 Å². The number of ether oxygens (including phenoxy) is 1. The van der Waals surface area contributed by atoms with Gasteiger partial charge in [0.05, 0.1) is 11.8 Å². The van der Waals surface area contributed by atoms with Crippen molar-refractivity contribution in [3.05, 3.63) is 24.3 Å². The maximum absolute atomic E-state index is 9.65. The molecule has 1 aliphatic rings. The van der Waals surface area contributed by atoms with Gasteiger partial charge in [0.1, 0.15) is 5.75 Å². The summed E-state index contributed by atoms with van der Waals surface area (Å²) < 4.78 is 10.5. The Balaban J connectivity index is 1.79. The lowest BCUT2D eigenvalue weighted by molar-refractivity contribution is 0.185. The maximum atomic E-state index is 9.65. The van der Waals surface area contributed by atoms with Crippen molar-refractivity contribution in [1.29, 1.82) is 0 Å². The summed E-state index contributed by atoms with van der Waals surface area (Å²) in [6, 6.07) is 1.64. The molecule has 0 aromatic carbocycles. The van der Waals surface area contributed by atoms with Crippen LogP contribution in [0.3, 0.4) is 0 Å². The highest BCUT2D eigenvalue weighted by Crippen LogP contribution is 2.26. The van der Waals surface area contributed by atoms with E-state index >= 15 is 0 Å². The van der Waals surface area contributed by atoms with Crippen molar-refractivity contribution in [2.45, 2.75) is 12.8 Å². The third kappa shape index (κ3) is 2.19. The van der Waals surface area contributed by atoms with Crippen LogP contribution in [-0.4, -0.2) is 33.4 Å². The summed E-state index contributed by atoms with van der Waals surface area (Å²) in [4.78, 5) is 8.09. The van der Waals surface area contributed by atoms with Gasteiger partial charge >= 0.3 is 0 Å². The molecule has 6 nitrogen and oxygen atoms in total. The summed E-state index contributed by atoms with van der Waals surface area (Å²) in [5.41, 5.74) is 0.506. The van der Waals surface area contributed by atoms with Crippen molar-refractivity contribution in [3.63, 3.8) is 0 Å². The van der Waals surface area contributed by atoms with Gasteiger partial charge in [-0.15, -0.1) is 0 Å². The van der Waals surface area contributed by atoms with Crippen LogP contribution in [0, 0.1) is 5.92 Å². The minimum atomic E-state index is 0.0388. The van der Waals surface area contributed by atoms with Gasteiger partial charge in [-0.1, -0.05) is 5.16 Å². The van der Waals surface area contributed by atoms with E-state index in [-0.39, 0.29) is 5.75 Å². The molecule has 0 spiro atoms. The van der Waals surface area contributed by atoms with Gasteiger partial charge in [-0.2, -0.15) is 4.98 Å². The molecule has 3 heterocycles. The fourth-order valence-corrected chi connectivity index (χ4v) is 2.02. The fraction of sp³-hybridized carbons (Fsp3) is 0.417. The molecular weight excluding hydrogens is 234 g/mol. The van der Waals surface area contributed by atoms with E-state index < -0.39 is 0 Å². The monoisotopic (exact) mass is 247 g/mol. The first-order valence-electron chi connectivity index (χ1n) is 5.86. The molecule has 0 radical (unpaired) electrons. The highest BCUT2D eigenvalue weighted by molar-refractivity contribution is 5.60. The molecule has 3 rings (SSSR count). The van der Waals surface area contributed by atoms with Gasteiger partial charge in [-0.3, -0.25) is 4.98 Å². The second kappa shape index (κ2) is 4.73. The summed E-state index contributed by atoms with van der Waals surface area (Å²) in [7, 11) is 0. The summed E-state index contributed by atoms with van der Waals surface area (Å²) in [6.45, 7) is 1.56. The molecule has 0 amide bonds. The number of rotatable bonds is 3. The molecule has 0 saturated carbocycles. The van der Waals surface area contributed by atoms with Crippen LogP contribution in [0.4, 0.5) is 0 Å².